The van der Waals surface area contributed by atoms with Gasteiger partial charge >= 0.3 is 0 Å². The molecule has 19 heavy (non-hydrogen) atoms. The van der Waals surface area contributed by atoms with Crippen LogP contribution in [0.1, 0.15) is 5.56 Å². The molecule has 0 spiro atoms. The van der Waals surface area contributed by atoms with Crippen molar-refractivity contribution >= 4 is 48.5 Å². The third kappa shape index (κ3) is 2.69. The summed E-state index contributed by atoms with van der Waals surface area (Å²) < 4.78 is 2.12. The molecule has 96 valence electrons. The van der Waals surface area contributed by atoms with Crippen molar-refractivity contribution in [3.63, 3.8) is 0 Å². The van der Waals surface area contributed by atoms with Crippen LogP contribution < -0.4 is 5.32 Å². The number of nitrogens with one attached hydrogen (secondary N) is 2. The summed E-state index contributed by atoms with van der Waals surface area (Å²) in [7, 11) is 0. The van der Waals surface area contributed by atoms with Gasteiger partial charge in [-0.15, -0.1) is 0 Å². The van der Waals surface area contributed by atoms with E-state index in [9.17, 15) is 0 Å². The van der Waals surface area contributed by atoms with Crippen LogP contribution in [0.4, 0.5) is 5.69 Å². The summed E-state index contributed by atoms with van der Waals surface area (Å²) in [6.07, 6.45) is 1.96. The van der Waals surface area contributed by atoms with Gasteiger partial charge in [-0.05, 0) is 73.1 Å². The lowest BCUT2D eigenvalue weighted by Gasteiger charge is -2.10. The number of H-pyrrole nitrogens is 1. The first kappa shape index (κ1) is 12.8. The Balaban J connectivity index is 1.82. The number of fused-ring (bicyclic) bond motifs is 1. The van der Waals surface area contributed by atoms with Crippen LogP contribution in [0.15, 0.2) is 57.6 Å². The maximum atomic E-state index is 3.56. The largest absolute Gasteiger partial charge is 0.379 e. The van der Waals surface area contributed by atoms with Crippen LogP contribution in [-0.4, -0.2) is 4.98 Å². The molecule has 0 amide bonds. The number of hydrogen-bond donors (Lipinski definition) is 2. The molecule has 0 radical (unpaired) electrons. The molecule has 3 aromatic rings. The predicted octanol–water partition coefficient (Wildman–Crippen LogP) is 5.31. The van der Waals surface area contributed by atoms with Crippen LogP contribution >= 0.6 is 31.9 Å². The van der Waals surface area contributed by atoms with Gasteiger partial charge in [0.25, 0.3) is 0 Å². The fraction of sp³-hybridized carbons (Fsp3) is 0.0667. The molecule has 0 aliphatic heterocycles. The van der Waals surface area contributed by atoms with Crippen LogP contribution in [0, 0.1) is 0 Å². The molecule has 0 atom stereocenters. The van der Waals surface area contributed by atoms with E-state index in [0.29, 0.717) is 0 Å². The van der Waals surface area contributed by atoms with Crippen molar-refractivity contribution in [3.05, 3.63) is 63.2 Å². The van der Waals surface area contributed by atoms with Gasteiger partial charge in [0.2, 0.25) is 0 Å². The van der Waals surface area contributed by atoms with Gasteiger partial charge in [-0.2, -0.15) is 0 Å². The van der Waals surface area contributed by atoms with Crippen molar-refractivity contribution in [3.8, 4) is 0 Å². The Hall–Kier alpha value is -1.26. The zero-order valence-electron chi connectivity index (χ0n) is 10.1. The van der Waals surface area contributed by atoms with E-state index in [1.54, 1.807) is 0 Å². The molecular formula is C15H12Br2N2. The summed E-state index contributed by atoms with van der Waals surface area (Å²) in [6, 6.07) is 14.6. The standard InChI is InChI=1S/C15H12Br2N2/c16-12-2-1-3-13(17)15(12)19-9-10-4-5-14-11(8-10)6-7-18-14/h1-8,18-19H,9H2. The molecule has 4 heteroatoms. The lowest BCUT2D eigenvalue weighted by molar-refractivity contribution is 1.15. The average molecular weight is 380 g/mol. The number of para-hydroxylation sites is 1. The number of hydrogen-bond acceptors (Lipinski definition) is 1. The molecule has 2 N–H and O–H groups in total. The van der Waals surface area contributed by atoms with E-state index < -0.39 is 0 Å². The molecule has 0 bridgehead atoms. The van der Waals surface area contributed by atoms with E-state index in [4.69, 9.17) is 0 Å². The maximum absolute atomic E-state index is 3.56. The van der Waals surface area contributed by atoms with E-state index in [0.717, 1.165) is 21.2 Å². The van der Waals surface area contributed by atoms with Crippen molar-refractivity contribution in [1.82, 2.24) is 4.98 Å². The molecule has 0 saturated heterocycles. The smallest absolute Gasteiger partial charge is 0.0631 e. The first-order valence-electron chi connectivity index (χ1n) is 5.98. The Labute approximate surface area is 128 Å². The predicted molar refractivity (Wildman–Crippen MR) is 87.5 cm³/mol. The van der Waals surface area contributed by atoms with E-state index in [1.807, 2.05) is 24.4 Å². The van der Waals surface area contributed by atoms with E-state index >= 15 is 0 Å². The molecule has 0 aliphatic rings. The molecule has 0 unspecified atom stereocenters. The monoisotopic (exact) mass is 378 g/mol. The Morgan fingerprint density at radius 3 is 2.58 bits per heavy atom. The molecule has 0 saturated carbocycles. The van der Waals surface area contributed by atoms with Crippen LogP contribution in [0.5, 0.6) is 0 Å². The van der Waals surface area contributed by atoms with Crippen LogP contribution in [0.2, 0.25) is 0 Å². The number of aromatic nitrogens is 1. The van der Waals surface area contributed by atoms with Crippen molar-refractivity contribution in [2.45, 2.75) is 6.54 Å². The third-order valence-corrected chi connectivity index (χ3v) is 4.37. The molecule has 3 rings (SSSR count). The minimum Gasteiger partial charge on any atom is -0.379 e. The molecule has 2 nitrogen and oxygen atoms in total. The topological polar surface area (TPSA) is 27.8 Å². The summed E-state index contributed by atoms with van der Waals surface area (Å²) in [5, 5.41) is 4.69. The summed E-state index contributed by atoms with van der Waals surface area (Å²) in [5.74, 6) is 0. The SMILES string of the molecule is Brc1cccc(Br)c1NCc1ccc2[nH]ccc2c1. The summed E-state index contributed by atoms with van der Waals surface area (Å²) in [4.78, 5) is 3.20. The van der Waals surface area contributed by atoms with Gasteiger partial charge in [0.1, 0.15) is 0 Å². The number of anilines is 1. The third-order valence-electron chi connectivity index (χ3n) is 3.05. The van der Waals surface area contributed by atoms with Crippen LogP contribution in [0.25, 0.3) is 10.9 Å². The van der Waals surface area contributed by atoms with E-state index in [1.165, 1.54) is 16.5 Å². The molecule has 0 aliphatic carbocycles. The quantitative estimate of drug-likeness (QED) is 0.634. The Kier molecular flexibility index (Phi) is 3.62. The first-order valence-corrected chi connectivity index (χ1v) is 7.56. The molecule has 2 aromatic carbocycles. The summed E-state index contributed by atoms with van der Waals surface area (Å²) in [6.45, 7) is 0.794. The fourth-order valence-corrected chi connectivity index (χ4v) is 3.35. The van der Waals surface area contributed by atoms with Crippen LogP contribution in [-0.2, 0) is 6.54 Å². The van der Waals surface area contributed by atoms with Gasteiger partial charge in [-0.1, -0.05) is 12.1 Å². The highest BCUT2D eigenvalue weighted by Gasteiger charge is 2.04. The zero-order chi connectivity index (χ0) is 13.2. The van der Waals surface area contributed by atoms with E-state index in [-0.39, 0.29) is 0 Å². The fourth-order valence-electron chi connectivity index (χ4n) is 2.07. The average Bonchev–Trinajstić information content (AvgIpc) is 2.85. The van der Waals surface area contributed by atoms with Gasteiger partial charge in [0.15, 0.2) is 0 Å². The molecule has 1 aromatic heterocycles. The van der Waals surface area contributed by atoms with Crippen molar-refractivity contribution in [1.29, 1.82) is 0 Å². The minimum atomic E-state index is 0.794. The second kappa shape index (κ2) is 5.39. The van der Waals surface area contributed by atoms with Crippen molar-refractivity contribution in [2.24, 2.45) is 0 Å². The first-order chi connectivity index (χ1) is 9.24. The van der Waals surface area contributed by atoms with Gasteiger partial charge in [-0.25, -0.2) is 0 Å². The van der Waals surface area contributed by atoms with Gasteiger partial charge in [-0.3, -0.25) is 0 Å². The highest BCUT2D eigenvalue weighted by atomic mass is 79.9. The lowest BCUT2D eigenvalue weighted by atomic mass is 10.1. The number of rotatable bonds is 3. The normalized spacial score (nSPS) is 10.8. The highest BCUT2D eigenvalue weighted by molar-refractivity contribution is 9.11. The van der Waals surface area contributed by atoms with Gasteiger partial charge < -0.3 is 10.3 Å². The van der Waals surface area contributed by atoms with Gasteiger partial charge in [0.05, 0.1) is 5.69 Å². The second-order valence-corrected chi connectivity index (χ2v) is 6.06. The number of aromatic amines is 1. The molecular weight excluding hydrogens is 368 g/mol. The zero-order valence-corrected chi connectivity index (χ0v) is 13.3. The lowest BCUT2D eigenvalue weighted by Crippen LogP contribution is -2.00. The molecule has 0 fully saturated rings. The summed E-state index contributed by atoms with van der Waals surface area (Å²) >= 11 is 7.11. The Bertz CT molecular complexity index is 699. The number of halogens is 2. The van der Waals surface area contributed by atoms with E-state index in [2.05, 4.69) is 66.4 Å². The Morgan fingerprint density at radius 1 is 1.00 bits per heavy atom. The maximum Gasteiger partial charge on any atom is 0.0631 e. The Morgan fingerprint density at radius 2 is 1.79 bits per heavy atom. The highest BCUT2D eigenvalue weighted by Crippen LogP contribution is 2.31. The summed E-state index contributed by atoms with van der Waals surface area (Å²) in [5.41, 5.74) is 3.51. The molecule has 1 heterocycles. The van der Waals surface area contributed by atoms with Crippen molar-refractivity contribution in [2.75, 3.05) is 5.32 Å². The minimum absolute atomic E-state index is 0.794. The second-order valence-electron chi connectivity index (χ2n) is 4.35. The van der Waals surface area contributed by atoms with Crippen molar-refractivity contribution < 1.29 is 0 Å². The van der Waals surface area contributed by atoms with Crippen LogP contribution in [0.3, 0.4) is 0 Å². The number of benzene rings is 2. The van der Waals surface area contributed by atoms with Gasteiger partial charge in [0, 0.05) is 27.2 Å².